The van der Waals surface area contributed by atoms with Crippen LogP contribution in [0.1, 0.15) is 36.6 Å². The van der Waals surface area contributed by atoms with Crippen LogP contribution in [0.25, 0.3) is 10.9 Å². The fourth-order valence-electron chi connectivity index (χ4n) is 3.32. The monoisotopic (exact) mass is 310 g/mol. The van der Waals surface area contributed by atoms with E-state index in [1.54, 1.807) is 4.68 Å². The largest absolute Gasteiger partial charge is 0.356 e. The molecule has 2 aromatic heterocycles. The zero-order chi connectivity index (χ0) is 15.6. The summed E-state index contributed by atoms with van der Waals surface area (Å²) in [4.78, 5) is 15.7. The molecule has 7 heteroatoms. The first-order valence-corrected chi connectivity index (χ1v) is 7.91. The maximum Gasteiger partial charge on any atom is 0.222 e. The molecule has 1 amide bonds. The molecule has 2 heterocycles. The van der Waals surface area contributed by atoms with E-state index in [-0.39, 0.29) is 11.9 Å². The molecule has 0 radical (unpaired) electrons. The highest BCUT2D eigenvalue weighted by Gasteiger charge is 2.25. The van der Waals surface area contributed by atoms with Crippen LogP contribution in [0.5, 0.6) is 0 Å². The average molecular weight is 310 g/mol. The van der Waals surface area contributed by atoms with E-state index in [9.17, 15) is 4.79 Å². The molecule has 1 unspecified atom stereocenters. The number of hydrogen-bond acceptors (Lipinski definition) is 4. The molecule has 0 aliphatic heterocycles. The number of fused-ring (bicyclic) bond motifs is 3. The molecule has 0 bridgehead atoms. The van der Waals surface area contributed by atoms with Gasteiger partial charge in [0.05, 0.1) is 12.6 Å². The van der Waals surface area contributed by atoms with Gasteiger partial charge in [-0.1, -0.05) is 18.2 Å². The van der Waals surface area contributed by atoms with E-state index in [2.05, 4.69) is 44.0 Å². The number of aromatic amines is 1. The molecule has 7 nitrogen and oxygen atoms in total. The molecule has 118 valence electrons. The van der Waals surface area contributed by atoms with E-state index in [0.29, 0.717) is 13.0 Å². The van der Waals surface area contributed by atoms with Gasteiger partial charge in [-0.05, 0) is 41.3 Å². The Morgan fingerprint density at radius 1 is 1.39 bits per heavy atom. The van der Waals surface area contributed by atoms with Crippen molar-refractivity contribution in [2.45, 2.75) is 38.3 Å². The van der Waals surface area contributed by atoms with Crippen molar-refractivity contribution < 1.29 is 4.79 Å². The first kappa shape index (κ1) is 13.9. The number of aryl methyl sites for hydroxylation is 2. The summed E-state index contributed by atoms with van der Waals surface area (Å²) < 4.78 is 1.56. The molecule has 0 saturated carbocycles. The molecular weight excluding hydrogens is 292 g/mol. The average Bonchev–Trinajstić information content (AvgIpc) is 3.21. The van der Waals surface area contributed by atoms with Gasteiger partial charge in [0.2, 0.25) is 5.91 Å². The van der Waals surface area contributed by atoms with E-state index in [1.807, 2.05) is 6.07 Å². The van der Waals surface area contributed by atoms with Crippen molar-refractivity contribution in [3.05, 3.63) is 41.9 Å². The van der Waals surface area contributed by atoms with Crippen LogP contribution in [0.15, 0.2) is 30.6 Å². The zero-order valence-corrected chi connectivity index (χ0v) is 12.7. The molecule has 3 aromatic rings. The fraction of sp³-hybridized carbons (Fsp3) is 0.375. The van der Waals surface area contributed by atoms with Gasteiger partial charge in [-0.25, -0.2) is 4.68 Å². The van der Waals surface area contributed by atoms with Gasteiger partial charge < -0.3 is 10.3 Å². The fourth-order valence-corrected chi connectivity index (χ4v) is 3.32. The number of nitrogens with zero attached hydrogens (tertiary/aromatic N) is 4. The standard InChI is InChI=1S/C16H18N6O/c23-15(8-9-22-10-17-20-21-22)18-14-7-3-5-12-11-4-1-2-6-13(11)19-16(12)14/h1-2,4,6,10,14,19H,3,5,7-9H2,(H,18,23). The van der Waals surface area contributed by atoms with Gasteiger partial charge in [0.1, 0.15) is 6.33 Å². The first-order valence-electron chi connectivity index (χ1n) is 7.91. The lowest BCUT2D eigenvalue weighted by atomic mass is 9.91. The van der Waals surface area contributed by atoms with Crippen LogP contribution < -0.4 is 5.32 Å². The molecule has 4 rings (SSSR count). The van der Waals surface area contributed by atoms with Gasteiger partial charge in [0.25, 0.3) is 0 Å². The summed E-state index contributed by atoms with van der Waals surface area (Å²) in [6.45, 7) is 0.491. The molecule has 1 aliphatic rings. The van der Waals surface area contributed by atoms with Gasteiger partial charge in [0, 0.05) is 23.0 Å². The second kappa shape index (κ2) is 5.83. The van der Waals surface area contributed by atoms with Gasteiger partial charge in [0.15, 0.2) is 0 Å². The lowest BCUT2D eigenvalue weighted by Crippen LogP contribution is -2.31. The van der Waals surface area contributed by atoms with Gasteiger partial charge in [-0.2, -0.15) is 0 Å². The van der Waals surface area contributed by atoms with Crippen LogP contribution >= 0.6 is 0 Å². The highest BCUT2D eigenvalue weighted by Crippen LogP contribution is 2.34. The Kier molecular flexibility index (Phi) is 3.53. The number of rotatable bonds is 4. The summed E-state index contributed by atoms with van der Waals surface area (Å²) in [5.41, 5.74) is 3.65. The van der Waals surface area contributed by atoms with Crippen molar-refractivity contribution in [1.29, 1.82) is 0 Å². The summed E-state index contributed by atoms with van der Waals surface area (Å²) in [6, 6.07) is 8.39. The first-order chi connectivity index (χ1) is 11.3. The van der Waals surface area contributed by atoms with Crippen molar-refractivity contribution in [3.63, 3.8) is 0 Å². The number of carbonyl (C=O) groups excluding carboxylic acids is 1. The molecule has 23 heavy (non-hydrogen) atoms. The second-order valence-electron chi connectivity index (χ2n) is 5.90. The predicted octanol–water partition coefficient (Wildman–Crippen LogP) is 1.74. The van der Waals surface area contributed by atoms with Crippen LogP contribution in [0.3, 0.4) is 0 Å². The molecule has 1 atom stereocenters. The van der Waals surface area contributed by atoms with Crippen molar-refractivity contribution in [3.8, 4) is 0 Å². The Morgan fingerprint density at radius 3 is 3.17 bits per heavy atom. The highest BCUT2D eigenvalue weighted by atomic mass is 16.1. The Morgan fingerprint density at radius 2 is 2.30 bits per heavy atom. The van der Waals surface area contributed by atoms with Gasteiger partial charge in [-0.15, -0.1) is 5.10 Å². The van der Waals surface area contributed by atoms with Crippen LogP contribution in [-0.2, 0) is 17.8 Å². The maximum atomic E-state index is 12.2. The summed E-state index contributed by atoms with van der Waals surface area (Å²) >= 11 is 0. The molecule has 2 N–H and O–H groups in total. The molecule has 0 fully saturated rings. The molecule has 0 saturated heterocycles. The predicted molar refractivity (Wildman–Crippen MR) is 84.6 cm³/mol. The summed E-state index contributed by atoms with van der Waals surface area (Å²) in [7, 11) is 0. The Labute approximate surface area is 133 Å². The number of H-pyrrole nitrogens is 1. The smallest absolute Gasteiger partial charge is 0.222 e. The van der Waals surface area contributed by atoms with E-state index >= 15 is 0 Å². The second-order valence-corrected chi connectivity index (χ2v) is 5.90. The minimum Gasteiger partial charge on any atom is -0.356 e. The molecule has 1 aromatic carbocycles. The summed E-state index contributed by atoms with van der Waals surface area (Å²) in [5.74, 6) is 0.0250. The number of nitrogens with one attached hydrogen (secondary N) is 2. The van der Waals surface area contributed by atoms with Crippen LogP contribution in [0.2, 0.25) is 0 Å². The van der Waals surface area contributed by atoms with Gasteiger partial charge >= 0.3 is 0 Å². The third-order valence-electron chi connectivity index (χ3n) is 4.41. The maximum absolute atomic E-state index is 12.2. The van der Waals surface area contributed by atoms with Crippen LogP contribution in [0, 0.1) is 0 Å². The number of tetrazole rings is 1. The summed E-state index contributed by atoms with van der Waals surface area (Å²) in [6.07, 6.45) is 5.01. The molecular formula is C16H18N6O. The quantitative estimate of drug-likeness (QED) is 0.768. The number of aromatic nitrogens is 5. The minimum absolute atomic E-state index is 0.0250. The lowest BCUT2D eigenvalue weighted by Gasteiger charge is -2.23. The lowest BCUT2D eigenvalue weighted by molar-refractivity contribution is -0.122. The van der Waals surface area contributed by atoms with E-state index in [0.717, 1.165) is 30.5 Å². The van der Waals surface area contributed by atoms with Crippen molar-refractivity contribution >= 4 is 16.8 Å². The van der Waals surface area contributed by atoms with Crippen molar-refractivity contribution in [1.82, 2.24) is 30.5 Å². The molecule has 0 spiro atoms. The highest BCUT2D eigenvalue weighted by molar-refractivity contribution is 5.85. The SMILES string of the molecule is O=C(CCn1cnnn1)NC1CCCc2c1[nH]c1ccccc21. The number of amides is 1. The number of carbonyl (C=O) groups is 1. The van der Waals surface area contributed by atoms with Crippen molar-refractivity contribution in [2.75, 3.05) is 0 Å². The van der Waals surface area contributed by atoms with E-state index in [1.165, 1.54) is 17.3 Å². The number of para-hydroxylation sites is 1. The van der Waals surface area contributed by atoms with E-state index in [4.69, 9.17) is 0 Å². The van der Waals surface area contributed by atoms with Crippen LogP contribution in [-0.4, -0.2) is 31.1 Å². The summed E-state index contributed by atoms with van der Waals surface area (Å²) in [5, 5.41) is 15.3. The topological polar surface area (TPSA) is 88.5 Å². The minimum atomic E-state index is 0.0250. The van der Waals surface area contributed by atoms with Crippen molar-refractivity contribution in [2.24, 2.45) is 0 Å². The third-order valence-corrected chi connectivity index (χ3v) is 4.41. The molecule has 1 aliphatic carbocycles. The number of hydrogen-bond donors (Lipinski definition) is 2. The Hall–Kier alpha value is -2.70. The van der Waals surface area contributed by atoms with Gasteiger partial charge in [-0.3, -0.25) is 4.79 Å². The normalized spacial score (nSPS) is 17.1. The number of benzene rings is 1. The Balaban J connectivity index is 1.49. The Bertz CT molecular complexity index is 822. The van der Waals surface area contributed by atoms with E-state index < -0.39 is 0 Å². The van der Waals surface area contributed by atoms with Crippen LogP contribution in [0.4, 0.5) is 0 Å². The zero-order valence-electron chi connectivity index (χ0n) is 12.7. The third kappa shape index (κ3) is 2.69.